The van der Waals surface area contributed by atoms with Crippen LogP contribution in [0.2, 0.25) is 0 Å². The van der Waals surface area contributed by atoms with Gasteiger partial charge in [0.25, 0.3) is 0 Å². The first-order chi connectivity index (χ1) is 8.78. The number of aryl methyl sites for hydroxylation is 1. The van der Waals surface area contributed by atoms with Gasteiger partial charge in [-0.2, -0.15) is 0 Å². The third-order valence-electron chi connectivity index (χ3n) is 2.34. The highest BCUT2D eigenvalue weighted by molar-refractivity contribution is 5.46. The lowest BCUT2D eigenvalue weighted by atomic mass is 10.4. The zero-order valence-corrected chi connectivity index (χ0v) is 10.6. The molecular formula is C12H17N5O. The number of hydrogen-bond acceptors (Lipinski definition) is 6. The molecule has 0 spiro atoms. The maximum Gasteiger partial charge on any atom is 0.156 e. The Morgan fingerprint density at radius 2 is 1.94 bits per heavy atom. The van der Waals surface area contributed by atoms with Gasteiger partial charge >= 0.3 is 0 Å². The van der Waals surface area contributed by atoms with Crippen molar-refractivity contribution < 1.29 is 4.52 Å². The minimum Gasteiger partial charge on any atom is -0.370 e. The van der Waals surface area contributed by atoms with Crippen molar-refractivity contribution in [3.63, 3.8) is 0 Å². The van der Waals surface area contributed by atoms with E-state index in [9.17, 15) is 0 Å². The summed E-state index contributed by atoms with van der Waals surface area (Å²) in [5, 5.41) is 10.2. The molecule has 2 heterocycles. The van der Waals surface area contributed by atoms with Crippen LogP contribution in [-0.2, 0) is 6.54 Å². The van der Waals surface area contributed by atoms with Gasteiger partial charge in [-0.05, 0) is 13.3 Å². The standard InChI is InChI=1S/C12H17N5O/c1-3-4-13-11-6-12(16-8-15-11)14-7-10-5-9(2)17-18-10/h5-6,8H,3-4,7H2,1-2H3,(H2,13,14,15,16). The second-order valence-electron chi connectivity index (χ2n) is 4.00. The number of aromatic nitrogens is 3. The maximum absolute atomic E-state index is 5.11. The highest BCUT2D eigenvalue weighted by Gasteiger charge is 2.02. The lowest BCUT2D eigenvalue weighted by molar-refractivity contribution is 0.384. The summed E-state index contributed by atoms with van der Waals surface area (Å²) >= 11 is 0. The van der Waals surface area contributed by atoms with E-state index in [1.165, 1.54) is 6.33 Å². The van der Waals surface area contributed by atoms with E-state index < -0.39 is 0 Å². The molecule has 0 unspecified atom stereocenters. The van der Waals surface area contributed by atoms with Gasteiger partial charge < -0.3 is 15.2 Å². The van der Waals surface area contributed by atoms with E-state index in [1.807, 2.05) is 19.1 Å². The highest BCUT2D eigenvalue weighted by atomic mass is 16.5. The topological polar surface area (TPSA) is 75.9 Å². The third-order valence-corrected chi connectivity index (χ3v) is 2.34. The summed E-state index contributed by atoms with van der Waals surface area (Å²) in [4.78, 5) is 8.28. The molecular weight excluding hydrogens is 230 g/mol. The fraction of sp³-hybridized carbons (Fsp3) is 0.417. The number of rotatable bonds is 6. The van der Waals surface area contributed by atoms with Gasteiger partial charge in [-0.1, -0.05) is 12.1 Å². The maximum atomic E-state index is 5.11. The van der Waals surface area contributed by atoms with Crippen LogP contribution in [0.4, 0.5) is 11.6 Å². The Balaban J connectivity index is 1.92. The van der Waals surface area contributed by atoms with Crippen LogP contribution in [0.5, 0.6) is 0 Å². The van der Waals surface area contributed by atoms with Gasteiger partial charge in [-0.3, -0.25) is 0 Å². The minimum absolute atomic E-state index is 0.561. The first-order valence-electron chi connectivity index (χ1n) is 6.00. The fourth-order valence-corrected chi connectivity index (χ4v) is 1.48. The summed E-state index contributed by atoms with van der Waals surface area (Å²) in [5.41, 5.74) is 0.875. The first-order valence-corrected chi connectivity index (χ1v) is 6.00. The van der Waals surface area contributed by atoms with E-state index in [0.717, 1.165) is 36.1 Å². The number of anilines is 2. The normalized spacial score (nSPS) is 10.3. The van der Waals surface area contributed by atoms with Gasteiger partial charge in [-0.25, -0.2) is 9.97 Å². The van der Waals surface area contributed by atoms with Crippen molar-refractivity contribution in [3.8, 4) is 0 Å². The number of nitrogens with zero attached hydrogens (tertiary/aromatic N) is 3. The van der Waals surface area contributed by atoms with E-state index in [-0.39, 0.29) is 0 Å². The van der Waals surface area contributed by atoms with Crippen molar-refractivity contribution in [2.75, 3.05) is 17.2 Å². The van der Waals surface area contributed by atoms with Gasteiger partial charge in [0.05, 0.1) is 12.2 Å². The zero-order chi connectivity index (χ0) is 12.8. The molecule has 0 aliphatic rings. The summed E-state index contributed by atoms with van der Waals surface area (Å²) in [6, 6.07) is 3.77. The van der Waals surface area contributed by atoms with Gasteiger partial charge in [0.15, 0.2) is 5.76 Å². The number of nitrogens with one attached hydrogen (secondary N) is 2. The molecule has 0 radical (unpaired) electrons. The van der Waals surface area contributed by atoms with Crippen LogP contribution >= 0.6 is 0 Å². The monoisotopic (exact) mass is 247 g/mol. The third kappa shape index (κ3) is 3.44. The molecule has 0 saturated carbocycles. The van der Waals surface area contributed by atoms with E-state index in [0.29, 0.717) is 6.54 Å². The van der Waals surface area contributed by atoms with E-state index in [4.69, 9.17) is 4.52 Å². The van der Waals surface area contributed by atoms with Crippen LogP contribution in [0.1, 0.15) is 24.8 Å². The first kappa shape index (κ1) is 12.3. The predicted molar refractivity (Wildman–Crippen MR) is 69.4 cm³/mol. The molecule has 0 aliphatic heterocycles. The molecule has 2 rings (SSSR count). The summed E-state index contributed by atoms with van der Waals surface area (Å²) in [5.74, 6) is 2.37. The second-order valence-corrected chi connectivity index (χ2v) is 4.00. The van der Waals surface area contributed by atoms with Gasteiger partial charge in [0.2, 0.25) is 0 Å². The van der Waals surface area contributed by atoms with Crippen LogP contribution < -0.4 is 10.6 Å². The molecule has 0 fully saturated rings. The molecule has 0 atom stereocenters. The largest absolute Gasteiger partial charge is 0.370 e. The van der Waals surface area contributed by atoms with Crippen LogP contribution in [0.3, 0.4) is 0 Å². The molecule has 0 amide bonds. The van der Waals surface area contributed by atoms with Crippen molar-refractivity contribution in [2.45, 2.75) is 26.8 Å². The van der Waals surface area contributed by atoms with Crippen molar-refractivity contribution in [1.29, 1.82) is 0 Å². The van der Waals surface area contributed by atoms with Gasteiger partial charge in [-0.15, -0.1) is 0 Å². The van der Waals surface area contributed by atoms with Crippen molar-refractivity contribution in [2.24, 2.45) is 0 Å². The molecule has 2 N–H and O–H groups in total. The van der Waals surface area contributed by atoms with Crippen LogP contribution in [0, 0.1) is 6.92 Å². The van der Waals surface area contributed by atoms with Crippen molar-refractivity contribution in [3.05, 3.63) is 29.9 Å². The lowest BCUT2D eigenvalue weighted by Gasteiger charge is -2.06. The van der Waals surface area contributed by atoms with E-state index in [1.54, 1.807) is 0 Å². The van der Waals surface area contributed by atoms with Crippen molar-refractivity contribution >= 4 is 11.6 Å². The molecule has 2 aromatic heterocycles. The number of hydrogen-bond donors (Lipinski definition) is 2. The average molecular weight is 247 g/mol. The second kappa shape index (κ2) is 6.00. The summed E-state index contributed by atoms with van der Waals surface area (Å²) in [7, 11) is 0. The van der Waals surface area contributed by atoms with E-state index >= 15 is 0 Å². The molecule has 6 heteroatoms. The molecule has 0 aliphatic carbocycles. The zero-order valence-electron chi connectivity index (χ0n) is 10.6. The fourth-order valence-electron chi connectivity index (χ4n) is 1.48. The van der Waals surface area contributed by atoms with Gasteiger partial charge in [0, 0.05) is 18.7 Å². The molecule has 0 saturated heterocycles. The molecule has 2 aromatic rings. The lowest BCUT2D eigenvalue weighted by Crippen LogP contribution is -2.05. The Hall–Kier alpha value is -2.11. The van der Waals surface area contributed by atoms with Crippen LogP contribution in [0.25, 0.3) is 0 Å². The Kier molecular flexibility index (Phi) is 4.11. The molecule has 0 aromatic carbocycles. The molecule has 18 heavy (non-hydrogen) atoms. The van der Waals surface area contributed by atoms with Gasteiger partial charge in [0.1, 0.15) is 18.0 Å². The summed E-state index contributed by atoms with van der Waals surface area (Å²) in [6.07, 6.45) is 2.59. The van der Waals surface area contributed by atoms with Crippen LogP contribution in [-0.4, -0.2) is 21.7 Å². The molecule has 96 valence electrons. The quantitative estimate of drug-likeness (QED) is 0.815. The summed E-state index contributed by atoms with van der Waals surface area (Å²) in [6.45, 7) is 5.47. The Morgan fingerprint density at radius 1 is 1.17 bits per heavy atom. The highest BCUT2D eigenvalue weighted by Crippen LogP contribution is 2.10. The average Bonchev–Trinajstić information content (AvgIpc) is 2.80. The SMILES string of the molecule is CCCNc1cc(NCc2cc(C)no2)ncn1. The summed E-state index contributed by atoms with van der Waals surface area (Å²) < 4.78 is 5.11. The Bertz CT molecular complexity index is 497. The Morgan fingerprint density at radius 3 is 2.61 bits per heavy atom. The minimum atomic E-state index is 0.561. The Labute approximate surface area is 106 Å². The molecule has 6 nitrogen and oxygen atoms in total. The molecule has 0 bridgehead atoms. The van der Waals surface area contributed by atoms with Crippen LogP contribution in [0.15, 0.2) is 23.0 Å². The van der Waals surface area contributed by atoms with E-state index in [2.05, 4.69) is 32.7 Å². The predicted octanol–water partition coefficient (Wildman–Crippen LogP) is 2.21. The van der Waals surface area contributed by atoms with Crippen molar-refractivity contribution in [1.82, 2.24) is 15.1 Å². The smallest absolute Gasteiger partial charge is 0.156 e.